The third-order valence-electron chi connectivity index (χ3n) is 4.36. The van der Waals surface area contributed by atoms with E-state index in [1.165, 1.54) is 0 Å². The summed E-state index contributed by atoms with van der Waals surface area (Å²) in [6.45, 7) is 0.384. The predicted molar refractivity (Wildman–Crippen MR) is 77.5 cm³/mol. The van der Waals surface area contributed by atoms with E-state index in [9.17, 15) is 9.90 Å². The van der Waals surface area contributed by atoms with E-state index in [-0.39, 0.29) is 18.0 Å². The summed E-state index contributed by atoms with van der Waals surface area (Å²) in [5, 5.41) is 25.7. The molecular formula is C15H20N2O4. The topological polar surface area (TPSA) is 90.8 Å². The van der Waals surface area contributed by atoms with Gasteiger partial charge in [-0.25, -0.2) is 0 Å². The number of rotatable bonds is 4. The minimum atomic E-state index is -0.738. The van der Waals surface area contributed by atoms with Crippen LogP contribution in [0.1, 0.15) is 24.5 Å². The Hall–Kier alpha value is -1.79. The fourth-order valence-corrected chi connectivity index (χ4v) is 2.94. The van der Waals surface area contributed by atoms with Crippen LogP contribution in [0.5, 0.6) is 5.75 Å². The fourth-order valence-electron chi connectivity index (χ4n) is 2.94. The van der Waals surface area contributed by atoms with Crippen molar-refractivity contribution in [1.82, 2.24) is 5.32 Å². The van der Waals surface area contributed by atoms with Crippen molar-refractivity contribution in [3.8, 4) is 5.75 Å². The van der Waals surface area contributed by atoms with E-state index in [1.54, 1.807) is 0 Å². The second-order valence-electron chi connectivity index (χ2n) is 5.74. The summed E-state index contributed by atoms with van der Waals surface area (Å²) >= 11 is 0. The van der Waals surface area contributed by atoms with Crippen molar-refractivity contribution in [2.75, 3.05) is 19.0 Å². The number of ether oxygens (including phenoxy) is 1. The van der Waals surface area contributed by atoms with Gasteiger partial charge in [0.05, 0.1) is 12.0 Å². The zero-order chi connectivity index (χ0) is 15.0. The van der Waals surface area contributed by atoms with Crippen LogP contribution in [0.25, 0.3) is 0 Å². The SMILES string of the molecule is CNc1ccc2c(c1)OC[C@H](NC1CC(C(=O)O)C1)[C@@H]2O. The van der Waals surface area contributed by atoms with Crippen LogP contribution in [0.3, 0.4) is 0 Å². The zero-order valence-electron chi connectivity index (χ0n) is 11.9. The Labute approximate surface area is 123 Å². The molecule has 1 aromatic carbocycles. The first-order valence-corrected chi connectivity index (χ1v) is 7.20. The predicted octanol–water partition coefficient (Wildman–Crippen LogP) is 0.975. The van der Waals surface area contributed by atoms with E-state index in [0.717, 1.165) is 11.3 Å². The third-order valence-corrected chi connectivity index (χ3v) is 4.36. The molecule has 1 aromatic rings. The largest absolute Gasteiger partial charge is 0.491 e. The van der Waals surface area contributed by atoms with Gasteiger partial charge in [-0.1, -0.05) is 6.07 Å². The fraction of sp³-hybridized carbons (Fsp3) is 0.533. The second-order valence-corrected chi connectivity index (χ2v) is 5.74. The van der Waals surface area contributed by atoms with Gasteiger partial charge in [0.1, 0.15) is 18.5 Å². The molecular weight excluding hydrogens is 272 g/mol. The summed E-state index contributed by atoms with van der Waals surface area (Å²) in [6.07, 6.45) is 0.595. The van der Waals surface area contributed by atoms with E-state index in [0.29, 0.717) is 25.2 Å². The molecule has 0 unspecified atom stereocenters. The van der Waals surface area contributed by atoms with Gasteiger partial charge < -0.3 is 25.6 Å². The highest BCUT2D eigenvalue weighted by molar-refractivity contribution is 5.71. The Balaban J connectivity index is 1.63. The molecule has 114 valence electrons. The second kappa shape index (κ2) is 5.54. The lowest BCUT2D eigenvalue weighted by Gasteiger charge is -2.39. The number of carboxylic acids is 1. The van der Waals surface area contributed by atoms with Crippen LogP contribution in [0.4, 0.5) is 5.69 Å². The Morgan fingerprint density at radius 2 is 2.14 bits per heavy atom. The molecule has 1 heterocycles. The van der Waals surface area contributed by atoms with Crippen molar-refractivity contribution in [3.63, 3.8) is 0 Å². The van der Waals surface area contributed by atoms with Crippen LogP contribution in [0, 0.1) is 5.92 Å². The molecule has 1 aliphatic heterocycles. The monoisotopic (exact) mass is 292 g/mol. The highest BCUT2D eigenvalue weighted by Gasteiger charge is 2.38. The first-order chi connectivity index (χ1) is 10.1. The minimum absolute atomic E-state index is 0.146. The highest BCUT2D eigenvalue weighted by Crippen LogP contribution is 2.36. The van der Waals surface area contributed by atoms with Crippen LogP contribution in [0.15, 0.2) is 18.2 Å². The first-order valence-electron chi connectivity index (χ1n) is 7.20. The molecule has 21 heavy (non-hydrogen) atoms. The third kappa shape index (κ3) is 2.69. The molecule has 0 radical (unpaired) electrons. The van der Waals surface area contributed by atoms with Crippen LogP contribution in [-0.4, -0.2) is 41.9 Å². The molecule has 0 spiro atoms. The number of aliphatic carboxylic acids is 1. The molecule has 2 aliphatic rings. The van der Waals surface area contributed by atoms with E-state index < -0.39 is 12.1 Å². The molecule has 2 atom stereocenters. The zero-order valence-corrected chi connectivity index (χ0v) is 11.9. The van der Waals surface area contributed by atoms with Crippen LogP contribution in [-0.2, 0) is 4.79 Å². The van der Waals surface area contributed by atoms with E-state index in [4.69, 9.17) is 9.84 Å². The van der Waals surface area contributed by atoms with E-state index in [1.807, 2.05) is 25.2 Å². The number of benzene rings is 1. The number of carbonyl (C=O) groups is 1. The average Bonchev–Trinajstić information content (AvgIpc) is 2.43. The Morgan fingerprint density at radius 3 is 2.81 bits per heavy atom. The van der Waals surface area contributed by atoms with E-state index >= 15 is 0 Å². The number of fused-ring (bicyclic) bond motifs is 1. The molecule has 0 amide bonds. The molecule has 0 aromatic heterocycles. The van der Waals surface area contributed by atoms with Crippen molar-refractivity contribution in [2.45, 2.75) is 31.0 Å². The van der Waals surface area contributed by atoms with Gasteiger partial charge in [0, 0.05) is 30.4 Å². The normalized spacial score (nSPS) is 30.8. The lowest BCUT2D eigenvalue weighted by Crippen LogP contribution is -2.53. The Morgan fingerprint density at radius 1 is 1.38 bits per heavy atom. The molecule has 1 aliphatic carbocycles. The van der Waals surface area contributed by atoms with Crippen LogP contribution >= 0.6 is 0 Å². The number of anilines is 1. The van der Waals surface area contributed by atoms with Gasteiger partial charge in [-0.15, -0.1) is 0 Å². The van der Waals surface area contributed by atoms with E-state index in [2.05, 4.69) is 10.6 Å². The maximum absolute atomic E-state index is 10.8. The first kappa shape index (κ1) is 14.2. The number of aliphatic hydroxyl groups excluding tert-OH is 1. The molecule has 0 bridgehead atoms. The molecule has 1 saturated carbocycles. The number of hydrogen-bond acceptors (Lipinski definition) is 5. The molecule has 6 nitrogen and oxygen atoms in total. The number of hydrogen-bond donors (Lipinski definition) is 4. The molecule has 6 heteroatoms. The van der Waals surface area contributed by atoms with Crippen molar-refractivity contribution in [2.24, 2.45) is 5.92 Å². The van der Waals surface area contributed by atoms with Crippen LogP contribution in [0.2, 0.25) is 0 Å². The Bertz CT molecular complexity index is 542. The summed E-state index contributed by atoms with van der Waals surface area (Å²) in [6, 6.07) is 5.58. The van der Waals surface area contributed by atoms with Crippen molar-refractivity contribution < 1.29 is 19.7 Å². The van der Waals surface area contributed by atoms with Gasteiger partial charge in [0.15, 0.2) is 0 Å². The minimum Gasteiger partial charge on any atom is -0.491 e. The van der Waals surface area contributed by atoms with Crippen LogP contribution < -0.4 is 15.4 Å². The van der Waals surface area contributed by atoms with Gasteiger partial charge in [-0.2, -0.15) is 0 Å². The lowest BCUT2D eigenvalue weighted by molar-refractivity contribution is -0.145. The summed E-state index contributed by atoms with van der Waals surface area (Å²) in [5.74, 6) is -0.294. The smallest absolute Gasteiger partial charge is 0.306 e. The molecule has 3 rings (SSSR count). The van der Waals surface area contributed by atoms with Crippen molar-refractivity contribution in [1.29, 1.82) is 0 Å². The van der Waals surface area contributed by atoms with Crippen molar-refractivity contribution in [3.05, 3.63) is 23.8 Å². The maximum Gasteiger partial charge on any atom is 0.306 e. The standard InChI is InChI=1S/C15H20N2O4/c1-16-9-2-3-11-13(6-9)21-7-12(14(11)18)17-10-4-8(5-10)15(19)20/h2-3,6,8,10,12,14,16-18H,4-5,7H2,1H3,(H,19,20)/t8?,10?,12-,14+/m0/s1. The van der Waals surface area contributed by atoms with Gasteiger partial charge >= 0.3 is 5.97 Å². The van der Waals surface area contributed by atoms with Gasteiger partial charge in [0.25, 0.3) is 0 Å². The average molecular weight is 292 g/mol. The lowest BCUT2D eigenvalue weighted by atomic mass is 9.79. The van der Waals surface area contributed by atoms with Gasteiger partial charge in [0.2, 0.25) is 0 Å². The maximum atomic E-state index is 10.8. The number of aliphatic hydroxyl groups is 1. The number of carboxylic acid groups (broad SMARTS) is 1. The van der Waals surface area contributed by atoms with Crippen molar-refractivity contribution >= 4 is 11.7 Å². The highest BCUT2D eigenvalue weighted by atomic mass is 16.5. The Kier molecular flexibility index (Phi) is 3.73. The van der Waals surface area contributed by atoms with Gasteiger partial charge in [-0.05, 0) is 18.9 Å². The summed E-state index contributed by atoms with van der Waals surface area (Å²) < 4.78 is 5.71. The van der Waals surface area contributed by atoms with Gasteiger partial charge in [-0.3, -0.25) is 4.79 Å². The summed E-state index contributed by atoms with van der Waals surface area (Å²) in [5.41, 5.74) is 1.71. The molecule has 0 saturated heterocycles. The molecule has 1 fully saturated rings. The number of nitrogens with one attached hydrogen (secondary N) is 2. The summed E-state index contributed by atoms with van der Waals surface area (Å²) in [7, 11) is 1.83. The molecule has 4 N–H and O–H groups in total. The quantitative estimate of drug-likeness (QED) is 0.661. The summed E-state index contributed by atoms with van der Waals surface area (Å²) in [4.78, 5) is 10.8.